The van der Waals surface area contributed by atoms with Gasteiger partial charge in [-0.2, -0.15) is 5.26 Å². The first kappa shape index (κ1) is 13.2. The van der Waals surface area contributed by atoms with Gasteiger partial charge in [0, 0.05) is 24.1 Å². The van der Waals surface area contributed by atoms with Crippen molar-refractivity contribution in [3.63, 3.8) is 0 Å². The third kappa shape index (κ3) is 4.81. The van der Waals surface area contributed by atoms with Crippen molar-refractivity contribution in [2.24, 2.45) is 0 Å². The predicted molar refractivity (Wildman–Crippen MR) is 53.9 cm³/mol. The van der Waals surface area contributed by atoms with Gasteiger partial charge in [-0.15, -0.1) is 0 Å². The van der Waals surface area contributed by atoms with E-state index >= 15 is 0 Å². The van der Waals surface area contributed by atoms with Gasteiger partial charge in [0.15, 0.2) is 0 Å². The molecule has 0 aliphatic rings. The third-order valence-electron chi connectivity index (χ3n) is 1.97. The van der Waals surface area contributed by atoms with Crippen LogP contribution in [0.1, 0.15) is 26.7 Å². The average molecular weight is 210 g/mol. The summed E-state index contributed by atoms with van der Waals surface area (Å²) in [6.45, 7) is 3.23. The van der Waals surface area contributed by atoms with E-state index in [1.165, 1.54) is 13.8 Å². The monoisotopic (exact) mass is 210 g/mol. The zero-order valence-corrected chi connectivity index (χ0v) is 8.83. The highest BCUT2D eigenvalue weighted by molar-refractivity contribution is 6.01. The van der Waals surface area contributed by atoms with E-state index in [0.717, 1.165) is 0 Å². The molecule has 5 nitrogen and oxygen atoms in total. The third-order valence-corrected chi connectivity index (χ3v) is 1.97. The van der Waals surface area contributed by atoms with Crippen LogP contribution in [0.15, 0.2) is 11.1 Å². The highest BCUT2D eigenvalue weighted by atomic mass is 16.4. The summed E-state index contributed by atoms with van der Waals surface area (Å²) < 4.78 is 0. The number of carboxylic acid groups (broad SMARTS) is 1. The van der Waals surface area contributed by atoms with E-state index in [0.29, 0.717) is 19.4 Å². The van der Waals surface area contributed by atoms with Gasteiger partial charge in [-0.3, -0.25) is 4.79 Å². The number of unbranched alkanes of at least 4 members (excludes halogenated alkanes) is 1. The number of nitrogens with zero attached hydrogens (tertiary/aromatic N) is 1. The topological polar surface area (TPSA) is 90.2 Å². The molecule has 0 radical (unpaired) electrons. The molecule has 82 valence electrons. The Labute approximate surface area is 88.4 Å². The van der Waals surface area contributed by atoms with E-state index < -0.39 is 11.9 Å². The Hall–Kier alpha value is -1.83. The number of hydrogen-bond acceptors (Lipinski definition) is 3. The van der Waals surface area contributed by atoms with Crippen molar-refractivity contribution in [1.29, 1.82) is 5.26 Å². The summed E-state index contributed by atoms with van der Waals surface area (Å²) in [5.41, 5.74) is 0.229. The van der Waals surface area contributed by atoms with E-state index in [4.69, 9.17) is 10.4 Å². The molecule has 0 bridgehead atoms. The molecule has 1 amide bonds. The van der Waals surface area contributed by atoms with E-state index in [-0.39, 0.29) is 11.1 Å². The van der Waals surface area contributed by atoms with Crippen LogP contribution in [-0.4, -0.2) is 23.5 Å². The fourth-order valence-corrected chi connectivity index (χ4v) is 0.833. The molecule has 0 fully saturated rings. The number of carbonyl (C=O) groups is 2. The molecule has 0 heterocycles. The number of amides is 1. The molecule has 0 unspecified atom stereocenters. The number of aliphatic carboxylic acids is 1. The molecule has 0 spiro atoms. The first-order chi connectivity index (χ1) is 7.00. The van der Waals surface area contributed by atoms with Crippen molar-refractivity contribution >= 4 is 11.9 Å². The molecule has 15 heavy (non-hydrogen) atoms. The van der Waals surface area contributed by atoms with Crippen LogP contribution in [0.5, 0.6) is 0 Å². The molecule has 0 aromatic carbocycles. The van der Waals surface area contributed by atoms with Gasteiger partial charge in [-0.1, -0.05) is 0 Å². The summed E-state index contributed by atoms with van der Waals surface area (Å²) in [5, 5.41) is 19.4. The minimum absolute atomic E-state index is 0.0350. The van der Waals surface area contributed by atoms with Crippen LogP contribution in [0, 0.1) is 11.3 Å². The lowest BCUT2D eigenvalue weighted by molar-refractivity contribution is -0.133. The van der Waals surface area contributed by atoms with Gasteiger partial charge in [0.05, 0.1) is 6.07 Å². The van der Waals surface area contributed by atoms with Crippen LogP contribution < -0.4 is 5.32 Å². The second-order valence-corrected chi connectivity index (χ2v) is 3.07. The van der Waals surface area contributed by atoms with E-state index in [9.17, 15) is 9.59 Å². The summed E-state index contributed by atoms with van der Waals surface area (Å²) in [6, 6.07) is 1.95. The first-order valence-corrected chi connectivity index (χ1v) is 4.56. The van der Waals surface area contributed by atoms with Crippen molar-refractivity contribution in [3.8, 4) is 6.07 Å². The van der Waals surface area contributed by atoms with Crippen molar-refractivity contribution < 1.29 is 14.7 Å². The van der Waals surface area contributed by atoms with Gasteiger partial charge < -0.3 is 10.4 Å². The number of nitriles is 1. The number of rotatable bonds is 5. The van der Waals surface area contributed by atoms with Gasteiger partial charge in [0.1, 0.15) is 0 Å². The highest BCUT2D eigenvalue weighted by Crippen LogP contribution is 2.03. The lowest BCUT2D eigenvalue weighted by atomic mass is 10.1. The SMILES string of the molecule is CC(C(=O)O)=C(C)C(=O)NCCCC#N. The maximum atomic E-state index is 11.3. The summed E-state index contributed by atoms with van der Waals surface area (Å²) in [7, 11) is 0. The Morgan fingerprint density at radius 1 is 1.33 bits per heavy atom. The predicted octanol–water partition coefficient (Wildman–Crippen LogP) is 0.827. The molecule has 0 aromatic heterocycles. The van der Waals surface area contributed by atoms with E-state index in [1.54, 1.807) is 0 Å². The molecule has 2 N–H and O–H groups in total. The number of carbonyl (C=O) groups excluding carboxylic acids is 1. The Kier molecular flexibility index (Phi) is 5.79. The fourth-order valence-electron chi connectivity index (χ4n) is 0.833. The number of nitrogens with one attached hydrogen (secondary N) is 1. The zero-order chi connectivity index (χ0) is 11.8. The first-order valence-electron chi connectivity index (χ1n) is 4.56. The largest absolute Gasteiger partial charge is 0.478 e. The fraction of sp³-hybridized carbons (Fsp3) is 0.500. The average Bonchev–Trinajstić information content (AvgIpc) is 2.21. The van der Waals surface area contributed by atoms with Gasteiger partial charge in [-0.25, -0.2) is 4.79 Å². The smallest absolute Gasteiger partial charge is 0.331 e. The minimum Gasteiger partial charge on any atom is -0.478 e. The Morgan fingerprint density at radius 2 is 1.93 bits per heavy atom. The second kappa shape index (κ2) is 6.60. The number of carboxylic acids is 1. The lowest BCUT2D eigenvalue weighted by Crippen LogP contribution is -2.26. The minimum atomic E-state index is -1.10. The normalized spacial score (nSPS) is 11.3. The molecule has 0 aliphatic carbocycles. The van der Waals surface area contributed by atoms with Gasteiger partial charge in [-0.05, 0) is 20.3 Å². The summed E-state index contributed by atoms with van der Waals surface area (Å²) in [4.78, 5) is 21.9. The quantitative estimate of drug-likeness (QED) is 0.519. The zero-order valence-electron chi connectivity index (χ0n) is 8.83. The molecule has 0 aromatic rings. The Morgan fingerprint density at radius 3 is 2.40 bits per heavy atom. The summed E-state index contributed by atoms with van der Waals surface area (Å²) >= 11 is 0. The molecule has 0 aliphatic heterocycles. The molecule has 0 saturated carbocycles. The standard InChI is InChI=1S/C10H14N2O3/c1-7(8(2)10(14)15)9(13)12-6-4-3-5-11/h3-4,6H2,1-2H3,(H,12,13)(H,14,15). The van der Waals surface area contributed by atoms with Crippen LogP contribution >= 0.6 is 0 Å². The molecular weight excluding hydrogens is 196 g/mol. The molecule has 0 saturated heterocycles. The molecule has 0 rings (SSSR count). The second-order valence-electron chi connectivity index (χ2n) is 3.07. The molecule has 0 atom stereocenters. The van der Waals surface area contributed by atoms with Crippen molar-refractivity contribution in [3.05, 3.63) is 11.1 Å². The van der Waals surface area contributed by atoms with Crippen LogP contribution in [0.2, 0.25) is 0 Å². The van der Waals surface area contributed by atoms with Crippen LogP contribution in [0.4, 0.5) is 0 Å². The van der Waals surface area contributed by atoms with Crippen LogP contribution in [0.25, 0.3) is 0 Å². The number of hydrogen-bond donors (Lipinski definition) is 2. The van der Waals surface area contributed by atoms with Crippen molar-refractivity contribution in [1.82, 2.24) is 5.32 Å². The van der Waals surface area contributed by atoms with Crippen LogP contribution in [-0.2, 0) is 9.59 Å². The maximum Gasteiger partial charge on any atom is 0.331 e. The highest BCUT2D eigenvalue weighted by Gasteiger charge is 2.11. The Bertz CT molecular complexity index is 326. The van der Waals surface area contributed by atoms with E-state index in [2.05, 4.69) is 5.32 Å². The van der Waals surface area contributed by atoms with Crippen molar-refractivity contribution in [2.45, 2.75) is 26.7 Å². The molecular formula is C10H14N2O3. The summed E-state index contributed by atoms with van der Waals surface area (Å²) in [6.07, 6.45) is 0.947. The summed E-state index contributed by atoms with van der Waals surface area (Å²) in [5.74, 6) is -1.49. The van der Waals surface area contributed by atoms with Crippen LogP contribution in [0.3, 0.4) is 0 Å². The van der Waals surface area contributed by atoms with E-state index in [1.807, 2.05) is 6.07 Å². The van der Waals surface area contributed by atoms with Gasteiger partial charge in [0.25, 0.3) is 0 Å². The maximum absolute atomic E-state index is 11.3. The van der Waals surface area contributed by atoms with Gasteiger partial charge in [0.2, 0.25) is 5.91 Å². The molecule has 5 heteroatoms. The Balaban J connectivity index is 4.18. The van der Waals surface area contributed by atoms with Gasteiger partial charge >= 0.3 is 5.97 Å². The lowest BCUT2D eigenvalue weighted by Gasteiger charge is -2.05. The van der Waals surface area contributed by atoms with Crippen molar-refractivity contribution in [2.75, 3.05) is 6.54 Å².